The van der Waals surface area contributed by atoms with Gasteiger partial charge in [0.2, 0.25) is 0 Å². The molecule has 0 aliphatic carbocycles. The van der Waals surface area contributed by atoms with Crippen LogP contribution in [-0.2, 0) is 11.8 Å². The van der Waals surface area contributed by atoms with E-state index >= 15 is 0 Å². The minimum atomic E-state index is -0.136. The second kappa shape index (κ2) is 10.9. The monoisotopic (exact) mass is 438 g/mol. The number of hydrogen-bond acceptors (Lipinski definition) is 2. The number of rotatable bonds is 8. The number of furan rings is 1. The lowest BCUT2D eigenvalue weighted by molar-refractivity contribution is 0.336. The van der Waals surface area contributed by atoms with Crippen LogP contribution in [-0.4, -0.2) is 6.61 Å². The van der Waals surface area contributed by atoms with Crippen LogP contribution in [0.5, 0.6) is 5.75 Å². The van der Waals surface area contributed by atoms with Gasteiger partial charge in [0.05, 0.1) is 6.61 Å². The summed E-state index contributed by atoms with van der Waals surface area (Å²) in [6.45, 7) is 12.9. The lowest BCUT2D eigenvalue weighted by Crippen LogP contribution is -2.26. The van der Waals surface area contributed by atoms with Crippen molar-refractivity contribution in [2.24, 2.45) is 0 Å². The van der Waals surface area contributed by atoms with E-state index < -0.39 is 0 Å². The van der Waals surface area contributed by atoms with Crippen molar-refractivity contribution >= 4 is 21.9 Å². The fraction of sp³-hybridized carbons (Fsp3) is 0.290. The standard InChI is InChI=1S/C28H30O2.C3H4/c1-5-17-28(7-3,21-13-15-25(29-8-4)20(6-2)18-21)22-14-16-27-24(19-22)23-11-9-10-12-26(23)30-27;1-3-2/h5,9-16,18-19H,1,6-8,17H2,2-4H3;1H,2H3. The van der Waals surface area contributed by atoms with Crippen LogP contribution in [0.1, 0.15) is 57.2 Å². The molecule has 0 aliphatic rings. The topological polar surface area (TPSA) is 22.4 Å². The van der Waals surface area contributed by atoms with Crippen molar-refractivity contribution in [3.63, 3.8) is 0 Å². The van der Waals surface area contributed by atoms with Gasteiger partial charge in [0.15, 0.2) is 0 Å². The molecule has 1 atom stereocenters. The normalized spacial score (nSPS) is 12.5. The zero-order valence-electron chi connectivity index (χ0n) is 20.3. The maximum Gasteiger partial charge on any atom is 0.135 e. The number of terminal acetylenes is 1. The van der Waals surface area contributed by atoms with Gasteiger partial charge in [-0.1, -0.05) is 56.3 Å². The number of hydrogen-bond donors (Lipinski definition) is 0. The van der Waals surface area contributed by atoms with Crippen LogP contribution in [0.4, 0.5) is 0 Å². The number of para-hydroxylation sites is 1. The van der Waals surface area contributed by atoms with E-state index in [9.17, 15) is 0 Å². The minimum absolute atomic E-state index is 0.136. The molecule has 2 heteroatoms. The lowest BCUT2D eigenvalue weighted by atomic mass is 9.69. The second-order valence-corrected chi connectivity index (χ2v) is 8.14. The maximum absolute atomic E-state index is 6.06. The number of fused-ring (bicyclic) bond motifs is 3. The molecule has 170 valence electrons. The van der Waals surface area contributed by atoms with E-state index in [-0.39, 0.29) is 5.41 Å². The van der Waals surface area contributed by atoms with Gasteiger partial charge in [0, 0.05) is 16.2 Å². The third-order valence-electron chi connectivity index (χ3n) is 6.32. The Morgan fingerprint density at radius 1 is 0.970 bits per heavy atom. The molecule has 33 heavy (non-hydrogen) atoms. The van der Waals surface area contributed by atoms with Gasteiger partial charge in [-0.15, -0.1) is 18.9 Å². The summed E-state index contributed by atoms with van der Waals surface area (Å²) in [6.07, 6.45) is 9.45. The summed E-state index contributed by atoms with van der Waals surface area (Å²) in [5.74, 6) is 3.24. The van der Waals surface area contributed by atoms with Crippen LogP contribution >= 0.6 is 0 Å². The van der Waals surface area contributed by atoms with E-state index in [0.717, 1.165) is 36.2 Å². The summed E-state index contributed by atoms with van der Waals surface area (Å²) in [7, 11) is 0. The summed E-state index contributed by atoms with van der Waals surface area (Å²) in [5, 5.41) is 2.34. The highest BCUT2D eigenvalue weighted by Gasteiger charge is 2.32. The third kappa shape index (κ3) is 4.69. The first-order valence-corrected chi connectivity index (χ1v) is 11.7. The fourth-order valence-electron chi connectivity index (χ4n) is 4.67. The van der Waals surface area contributed by atoms with Crippen LogP contribution < -0.4 is 4.74 Å². The van der Waals surface area contributed by atoms with Crippen LogP contribution in [0, 0.1) is 12.3 Å². The van der Waals surface area contributed by atoms with E-state index in [2.05, 4.69) is 81.3 Å². The average Bonchev–Trinajstić information content (AvgIpc) is 3.21. The Hall–Kier alpha value is -3.44. The summed E-state index contributed by atoms with van der Waals surface area (Å²) in [6, 6.07) is 21.6. The third-order valence-corrected chi connectivity index (χ3v) is 6.32. The van der Waals surface area contributed by atoms with Crippen LogP contribution in [0.3, 0.4) is 0 Å². The van der Waals surface area contributed by atoms with Crippen molar-refractivity contribution in [3.05, 3.63) is 90.0 Å². The Morgan fingerprint density at radius 3 is 2.30 bits per heavy atom. The molecule has 4 rings (SSSR count). The predicted octanol–water partition coefficient (Wildman–Crippen LogP) is 8.46. The lowest BCUT2D eigenvalue weighted by Gasteiger charge is -2.34. The first kappa shape index (κ1) is 24.2. The second-order valence-electron chi connectivity index (χ2n) is 8.14. The van der Waals surface area contributed by atoms with Crippen molar-refractivity contribution in [2.45, 2.75) is 52.4 Å². The van der Waals surface area contributed by atoms with Crippen molar-refractivity contribution in [2.75, 3.05) is 6.61 Å². The fourth-order valence-corrected chi connectivity index (χ4v) is 4.67. The summed E-state index contributed by atoms with van der Waals surface area (Å²) in [4.78, 5) is 0. The molecule has 1 unspecified atom stereocenters. The van der Waals surface area contributed by atoms with E-state index in [1.54, 1.807) is 6.92 Å². The first-order chi connectivity index (χ1) is 16.1. The SMILES string of the molecule is C#CC.C=CCC(CC)(c1ccc(OCC)c(CC)c1)c1ccc2oc3ccccc3c2c1. The molecule has 1 aromatic heterocycles. The highest BCUT2D eigenvalue weighted by atomic mass is 16.5. The molecule has 0 bridgehead atoms. The van der Waals surface area contributed by atoms with Crippen molar-refractivity contribution in [3.8, 4) is 18.1 Å². The number of allylic oxidation sites excluding steroid dienone is 1. The Kier molecular flexibility index (Phi) is 8.01. The first-order valence-electron chi connectivity index (χ1n) is 11.7. The average molecular weight is 439 g/mol. The van der Waals surface area contributed by atoms with Gasteiger partial charge in [-0.05, 0) is 74.1 Å². The summed E-state index contributed by atoms with van der Waals surface area (Å²) < 4.78 is 11.9. The van der Waals surface area contributed by atoms with Gasteiger partial charge in [-0.2, -0.15) is 0 Å². The molecule has 0 fully saturated rings. The quantitative estimate of drug-likeness (QED) is 0.203. The van der Waals surface area contributed by atoms with Gasteiger partial charge in [-0.25, -0.2) is 0 Å². The maximum atomic E-state index is 6.06. The molecule has 1 heterocycles. The van der Waals surface area contributed by atoms with Gasteiger partial charge >= 0.3 is 0 Å². The minimum Gasteiger partial charge on any atom is -0.494 e. The molecule has 0 saturated carbocycles. The molecule has 4 aromatic rings. The van der Waals surface area contributed by atoms with Gasteiger partial charge in [0.25, 0.3) is 0 Å². The molecule has 0 N–H and O–H groups in total. The smallest absolute Gasteiger partial charge is 0.135 e. The van der Waals surface area contributed by atoms with Crippen LogP contribution in [0.2, 0.25) is 0 Å². The Labute approximate surface area is 198 Å². The predicted molar refractivity (Wildman–Crippen MR) is 141 cm³/mol. The van der Waals surface area contributed by atoms with Gasteiger partial charge < -0.3 is 9.15 Å². The Morgan fingerprint density at radius 2 is 1.64 bits per heavy atom. The molecule has 0 spiro atoms. The molecule has 0 aliphatic heterocycles. The molecule has 0 saturated heterocycles. The van der Waals surface area contributed by atoms with Crippen molar-refractivity contribution in [1.82, 2.24) is 0 Å². The highest BCUT2D eigenvalue weighted by Crippen LogP contribution is 2.43. The zero-order chi connectivity index (χ0) is 23.8. The number of benzene rings is 3. The molecular weight excluding hydrogens is 404 g/mol. The van der Waals surface area contributed by atoms with E-state index in [4.69, 9.17) is 9.15 Å². The summed E-state index contributed by atoms with van der Waals surface area (Å²) >= 11 is 0. The van der Waals surface area contributed by atoms with Crippen molar-refractivity contribution in [1.29, 1.82) is 0 Å². The molecule has 3 aromatic carbocycles. The van der Waals surface area contributed by atoms with Crippen LogP contribution in [0.25, 0.3) is 21.9 Å². The van der Waals surface area contributed by atoms with Crippen LogP contribution in [0.15, 0.2) is 77.7 Å². The highest BCUT2D eigenvalue weighted by molar-refractivity contribution is 6.05. The van der Waals surface area contributed by atoms with E-state index in [1.165, 1.54) is 27.5 Å². The molecule has 2 nitrogen and oxygen atoms in total. The number of ether oxygens (including phenoxy) is 1. The zero-order valence-corrected chi connectivity index (χ0v) is 20.3. The van der Waals surface area contributed by atoms with E-state index in [1.807, 2.05) is 25.1 Å². The van der Waals surface area contributed by atoms with Gasteiger partial charge in [0.1, 0.15) is 16.9 Å². The Balaban J connectivity index is 0.000000968. The largest absolute Gasteiger partial charge is 0.494 e. The molecular formula is C31H34O2. The number of aryl methyl sites for hydroxylation is 1. The molecule has 0 radical (unpaired) electrons. The summed E-state index contributed by atoms with van der Waals surface area (Å²) in [5.41, 5.74) is 5.61. The Bertz CT molecular complexity index is 1270. The van der Waals surface area contributed by atoms with Gasteiger partial charge in [-0.3, -0.25) is 0 Å². The van der Waals surface area contributed by atoms with Crippen molar-refractivity contribution < 1.29 is 9.15 Å². The molecule has 0 amide bonds. The van der Waals surface area contributed by atoms with E-state index in [0.29, 0.717) is 6.61 Å².